The summed E-state index contributed by atoms with van der Waals surface area (Å²) in [5.74, 6) is -0.829. The van der Waals surface area contributed by atoms with Gasteiger partial charge in [-0.3, -0.25) is 0 Å². The van der Waals surface area contributed by atoms with Gasteiger partial charge in [0, 0.05) is 4.91 Å². The van der Waals surface area contributed by atoms with Crippen LogP contribution in [-0.2, 0) is 16.1 Å². The summed E-state index contributed by atoms with van der Waals surface area (Å²) in [7, 11) is 0. The Morgan fingerprint density at radius 3 is 2.32 bits per heavy atom. The maximum absolute atomic E-state index is 12.0. The summed E-state index contributed by atoms with van der Waals surface area (Å²) in [5, 5.41) is 13.6. The molecule has 0 aromatic heterocycles. The maximum atomic E-state index is 12.0. The van der Waals surface area contributed by atoms with Crippen LogP contribution in [0.1, 0.15) is 17.2 Å². The highest BCUT2D eigenvalue weighted by Gasteiger charge is 2.28. The Hall–Kier alpha value is -2.82. The van der Waals surface area contributed by atoms with Crippen molar-refractivity contribution < 1.29 is 14.6 Å². The molecule has 2 unspecified atom stereocenters. The van der Waals surface area contributed by atoms with E-state index in [1.54, 1.807) is 30.3 Å². The molecule has 0 spiro atoms. The number of azide groups is 1. The number of carbonyl (C=O) groups is 1. The van der Waals surface area contributed by atoms with Crippen LogP contribution in [0.15, 0.2) is 65.8 Å². The van der Waals surface area contributed by atoms with Gasteiger partial charge < -0.3 is 9.84 Å². The fourth-order valence-electron chi connectivity index (χ4n) is 1.96. The number of hydrogen-bond donors (Lipinski definition) is 1. The number of nitrogens with zero attached hydrogens (tertiary/aromatic N) is 3. The van der Waals surface area contributed by atoms with Crippen LogP contribution in [0.25, 0.3) is 10.4 Å². The van der Waals surface area contributed by atoms with Crippen LogP contribution >= 0.6 is 0 Å². The average molecular weight is 297 g/mol. The number of carbonyl (C=O) groups excluding carboxylic acids is 1. The Kier molecular flexibility index (Phi) is 5.54. The van der Waals surface area contributed by atoms with Gasteiger partial charge in [-0.15, -0.1) is 0 Å². The largest absolute Gasteiger partial charge is 0.459 e. The zero-order valence-electron chi connectivity index (χ0n) is 11.7. The Morgan fingerprint density at radius 2 is 1.73 bits per heavy atom. The van der Waals surface area contributed by atoms with Gasteiger partial charge in [-0.1, -0.05) is 65.8 Å². The number of rotatable bonds is 6. The van der Waals surface area contributed by atoms with E-state index in [0.29, 0.717) is 5.56 Å². The van der Waals surface area contributed by atoms with Crippen molar-refractivity contribution >= 4 is 5.97 Å². The van der Waals surface area contributed by atoms with Gasteiger partial charge in [-0.05, 0) is 16.7 Å². The van der Waals surface area contributed by atoms with Gasteiger partial charge >= 0.3 is 5.97 Å². The molecule has 0 fully saturated rings. The molecule has 0 heterocycles. The molecule has 22 heavy (non-hydrogen) atoms. The average Bonchev–Trinajstić information content (AvgIpc) is 2.58. The Labute approximate surface area is 127 Å². The molecular weight excluding hydrogens is 282 g/mol. The normalized spacial score (nSPS) is 12.8. The van der Waals surface area contributed by atoms with Gasteiger partial charge in [-0.25, -0.2) is 4.79 Å². The zero-order valence-corrected chi connectivity index (χ0v) is 11.7. The molecule has 0 aliphatic carbocycles. The summed E-state index contributed by atoms with van der Waals surface area (Å²) in [6.45, 7) is 0.0501. The van der Waals surface area contributed by atoms with Crippen LogP contribution in [-0.4, -0.2) is 17.2 Å². The zero-order chi connectivity index (χ0) is 15.8. The van der Waals surface area contributed by atoms with Crippen molar-refractivity contribution in [1.82, 2.24) is 0 Å². The van der Waals surface area contributed by atoms with Crippen molar-refractivity contribution in [2.24, 2.45) is 5.11 Å². The molecule has 0 amide bonds. The van der Waals surface area contributed by atoms with E-state index >= 15 is 0 Å². The van der Waals surface area contributed by atoms with Gasteiger partial charge in [0.15, 0.2) is 6.10 Å². The third-order valence-corrected chi connectivity index (χ3v) is 3.08. The molecule has 6 nitrogen and oxygen atoms in total. The topological polar surface area (TPSA) is 95.3 Å². The quantitative estimate of drug-likeness (QED) is 0.384. The molecule has 0 aliphatic rings. The second-order valence-electron chi connectivity index (χ2n) is 4.60. The van der Waals surface area contributed by atoms with Crippen LogP contribution in [0.2, 0.25) is 0 Å². The molecule has 112 valence electrons. The molecule has 2 aromatic rings. The molecule has 6 heteroatoms. The lowest BCUT2D eigenvalue weighted by Crippen LogP contribution is -2.28. The summed E-state index contributed by atoms with van der Waals surface area (Å²) in [4.78, 5) is 14.6. The Bertz CT molecular complexity index is 655. The molecule has 0 saturated heterocycles. The smallest absolute Gasteiger partial charge is 0.336 e. The van der Waals surface area contributed by atoms with E-state index in [1.165, 1.54) is 0 Å². The molecule has 0 saturated carbocycles. The second kappa shape index (κ2) is 7.83. The monoisotopic (exact) mass is 297 g/mol. The van der Waals surface area contributed by atoms with Gasteiger partial charge in [0.1, 0.15) is 6.61 Å². The van der Waals surface area contributed by atoms with Gasteiger partial charge in [-0.2, -0.15) is 0 Å². The molecule has 0 aliphatic heterocycles. The first-order valence-electron chi connectivity index (χ1n) is 6.70. The Balaban J connectivity index is 2.05. The number of esters is 1. The van der Waals surface area contributed by atoms with Crippen molar-refractivity contribution in [3.05, 3.63) is 82.2 Å². The third-order valence-electron chi connectivity index (χ3n) is 3.08. The number of hydrogen-bond acceptors (Lipinski definition) is 4. The minimum atomic E-state index is -1.55. The molecule has 0 radical (unpaired) electrons. The fourth-order valence-corrected chi connectivity index (χ4v) is 1.96. The van der Waals surface area contributed by atoms with Crippen molar-refractivity contribution in [3.8, 4) is 0 Å². The van der Waals surface area contributed by atoms with Gasteiger partial charge in [0.05, 0.1) is 6.04 Å². The van der Waals surface area contributed by atoms with Crippen molar-refractivity contribution in [1.29, 1.82) is 0 Å². The number of aliphatic hydroxyl groups excluding tert-OH is 1. The fraction of sp³-hybridized carbons (Fsp3) is 0.188. The summed E-state index contributed by atoms with van der Waals surface area (Å²) in [6, 6.07) is 16.7. The van der Waals surface area contributed by atoms with E-state index in [4.69, 9.17) is 10.3 Å². The number of ether oxygens (including phenoxy) is 1. The van der Waals surface area contributed by atoms with E-state index in [2.05, 4.69) is 10.0 Å². The standard InChI is InChI=1S/C16H15N3O3/c17-19-18-14(13-9-5-2-6-10-13)15(20)16(21)22-11-12-7-3-1-4-8-12/h1-10,14-15,20H,11H2. The molecule has 2 atom stereocenters. The van der Waals surface area contributed by atoms with Crippen LogP contribution in [0.5, 0.6) is 0 Å². The molecule has 1 N–H and O–H groups in total. The highest BCUT2D eigenvalue weighted by atomic mass is 16.5. The van der Waals surface area contributed by atoms with E-state index in [0.717, 1.165) is 5.56 Å². The van der Waals surface area contributed by atoms with E-state index < -0.39 is 18.1 Å². The van der Waals surface area contributed by atoms with E-state index in [-0.39, 0.29) is 6.61 Å². The lowest BCUT2D eigenvalue weighted by Gasteiger charge is -2.17. The third kappa shape index (κ3) is 4.09. The van der Waals surface area contributed by atoms with E-state index in [1.807, 2.05) is 30.3 Å². The summed E-state index contributed by atoms with van der Waals surface area (Å²) in [6.07, 6.45) is -1.55. The predicted molar refractivity (Wildman–Crippen MR) is 80.6 cm³/mol. The molecular formula is C16H15N3O3. The van der Waals surface area contributed by atoms with Crippen LogP contribution in [0.3, 0.4) is 0 Å². The van der Waals surface area contributed by atoms with Crippen LogP contribution < -0.4 is 0 Å². The SMILES string of the molecule is [N-]=[N+]=NC(c1ccccc1)C(O)C(=O)OCc1ccccc1. The first-order valence-corrected chi connectivity index (χ1v) is 6.70. The maximum Gasteiger partial charge on any atom is 0.336 e. The number of benzene rings is 2. The molecule has 2 rings (SSSR count). The van der Waals surface area contributed by atoms with Crippen LogP contribution in [0, 0.1) is 0 Å². The van der Waals surface area contributed by atoms with Crippen molar-refractivity contribution in [2.75, 3.05) is 0 Å². The highest BCUT2D eigenvalue weighted by Crippen LogP contribution is 2.22. The van der Waals surface area contributed by atoms with E-state index in [9.17, 15) is 9.90 Å². The lowest BCUT2D eigenvalue weighted by atomic mass is 10.0. The lowest BCUT2D eigenvalue weighted by molar-refractivity contribution is -0.156. The predicted octanol–water partition coefficient (Wildman–Crippen LogP) is 3.14. The highest BCUT2D eigenvalue weighted by molar-refractivity contribution is 5.75. The van der Waals surface area contributed by atoms with Crippen molar-refractivity contribution in [2.45, 2.75) is 18.8 Å². The Morgan fingerprint density at radius 1 is 1.14 bits per heavy atom. The first kappa shape index (κ1) is 15.6. The summed E-state index contributed by atoms with van der Waals surface area (Å²) >= 11 is 0. The van der Waals surface area contributed by atoms with Gasteiger partial charge in [0.2, 0.25) is 0 Å². The summed E-state index contributed by atoms with van der Waals surface area (Å²) in [5.41, 5.74) is 9.99. The first-order chi connectivity index (χ1) is 10.7. The van der Waals surface area contributed by atoms with Crippen molar-refractivity contribution in [3.63, 3.8) is 0 Å². The van der Waals surface area contributed by atoms with Crippen LogP contribution in [0.4, 0.5) is 0 Å². The molecule has 2 aromatic carbocycles. The number of aliphatic hydroxyl groups is 1. The second-order valence-corrected chi connectivity index (χ2v) is 4.60. The van der Waals surface area contributed by atoms with Gasteiger partial charge in [0.25, 0.3) is 0 Å². The summed E-state index contributed by atoms with van der Waals surface area (Å²) < 4.78 is 5.07. The minimum Gasteiger partial charge on any atom is -0.459 e. The minimum absolute atomic E-state index is 0.0501. The molecule has 0 bridgehead atoms.